The second-order valence-corrected chi connectivity index (χ2v) is 6.43. The van der Waals surface area contributed by atoms with Crippen LogP contribution < -0.4 is 0 Å². The fourth-order valence-electron chi connectivity index (χ4n) is 2.29. The number of amides is 1. The largest absolute Gasteiger partial charge is 0.392 e. The first-order valence-corrected chi connectivity index (χ1v) is 7.61. The Balaban J connectivity index is 1.80. The van der Waals surface area contributed by atoms with Gasteiger partial charge in [0, 0.05) is 18.5 Å². The molecule has 2 rings (SSSR count). The molecule has 1 amide bonds. The smallest absolute Gasteiger partial charge is 0.236 e. The van der Waals surface area contributed by atoms with E-state index in [1.165, 1.54) is 4.88 Å². The van der Waals surface area contributed by atoms with E-state index in [2.05, 4.69) is 11.8 Å². The zero-order valence-corrected chi connectivity index (χ0v) is 12.4. The molecule has 1 N–H and O–H groups in total. The lowest BCUT2D eigenvalue weighted by Crippen LogP contribution is -2.47. The number of thiophene rings is 1. The molecule has 0 bridgehead atoms. The quantitative estimate of drug-likeness (QED) is 0.908. The van der Waals surface area contributed by atoms with Gasteiger partial charge in [0.25, 0.3) is 0 Å². The minimum atomic E-state index is -0.302. The molecular weight excluding hydrogens is 260 g/mol. The number of likely N-dealkylation sites (tertiary alicyclic amines) is 1. The van der Waals surface area contributed by atoms with Gasteiger partial charge in [-0.15, -0.1) is 11.3 Å². The standard InChI is InChI=1S/C14H22N2O2S/c1-11-5-6-16(9-13(11)17)10-14(18)15(2)8-12-4-3-7-19-12/h3-4,7,11,13,17H,5-6,8-10H2,1-2H3. The maximum absolute atomic E-state index is 12.1. The van der Waals surface area contributed by atoms with Crippen molar-refractivity contribution >= 4 is 17.2 Å². The minimum absolute atomic E-state index is 0.121. The van der Waals surface area contributed by atoms with Gasteiger partial charge in [-0.2, -0.15) is 0 Å². The van der Waals surface area contributed by atoms with Crippen LogP contribution in [-0.2, 0) is 11.3 Å². The summed E-state index contributed by atoms with van der Waals surface area (Å²) in [7, 11) is 1.84. The van der Waals surface area contributed by atoms with Crippen LogP contribution in [0.25, 0.3) is 0 Å². The predicted molar refractivity (Wildman–Crippen MR) is 77.0 cm³/mol. The first-order valence-electron chi connectivity index (χ1n) is 6.73. The van der Waals surface area contributed by atoms with Crippen LogP contribution in [0.5, 0.6) is 0 Å². The highest BCUT2D eigenvalue weighted by molar-refractivity contribution is 7.09. The Hall–Kier alpha value is -0.910. The number of hydrogen-bond acceptors (Lipinski definition) is 4. The molecule has 19 heavy (non-hydrogen) atoms. The molecule has 1 aromatic rings. The molecule has 2 atom stereocenters. The van der Waals surface area contributed by atoms with Gasteiger partial charge in [-0.25, -0.2) is 0 Å². The summed E-state index contributed by atoms with van der Waals surface area (Å²) in [4.78, 5) is 17.1. The van der Waals surface area contributed by atoms with Crippen molar-refractivity contribution in [3.05, 3.63) is 22.4 Å². The summed E-state index contributed by atoms with van der Waals surface area (Å²) in [6.45, 7) is 4.65. The Morgan fingerprint density at radius 1 is 1.63 bits per heavy atom. The van der Waals surface area contributed by atoms with Gasteiger partial charge in [-0.1, -0.05) is 13.0 Å². The number of likely N-dealkylation sites (N-methyl/N-ethyl adjacent to an activating group) is 1. The van der Waals surface area contributed by atoms with Gasteiger partial charge in [-0.3, -0.25) is 9.69 Å². The molecule has 1 aromatic heterocycles. The van der Waals surface area contributed by atoms with Crippen molar-refractivity contribution in [2.75, 3.05) is 26.7 Å². The van der Waals surface area contributed by atoms with Crippen molar-refractivity contribution < 1.29 is 9.90 Å². The molecule has 5 heteroatoms. The van der Waals surface area contributed by atoms with Crippen LogP contribution in [0, 0.1) is 5.92 Å². The highest BCUT2D eigenvalue weighted by atomic mass is 32.1. The van der Waals surface area contributed by atoms with E-state index in [0.29, 0.717) is 25.6 Å². The van der Waals surface area contributed by atoms with Crippen LogP contribution in [-0.4, -0.2) is 53.6 Å². The first-order chi connectivity index (χ1) is 9.06. The molecular formula is C14H22N2O2S. The number of piperidine rings is 1. The number of carbonyl (C=O) groups is 1. The van der Waals surface area contributed by atoms with Crippen molar-refractivity contribution in [3.8, 4) is 0 Å². The van der Waals surface area contributed by atoms with E-state index in [9.17, 15) is 9.90 Å². The van der Waals surface area contributed by atoms with E-state index in [1.807, 2.05) is 24.6 Å². The molecule has 106 valence electrons. The lowest BCUT2D eigenvalue weighted by atomic mass is 9.96. The third-order valence-electron chi connectivity index (χ3n) is 3.76. The van der Waals surface area contributed by atoms with E-state index in [4.69, 9.17) is 0 Å². The van der Waals surface area contributed by atoms with E-state index >= 15 is 0 Å². The summed E-state index contributed by atoms with van der Waals surface area (Å²) < 4.78 is 0. The first kappa shape index (κ1) is 14.5. The summed E-state index contributed by atoms with van der Waals surface area (Å²) in [5.41, 5.74) is 0. The van der Waals surface area contributed by atoms with Crippen molar-refractivity contribution in [2.45, 2.75) is 26.0 Å². The maximum atomic E-state index is 12.1. The zero-order chi connectivity index (χ0) is 13.8. The number of aliphatic hydroxyl groups excluding tert-OH is 1. The third kappa shape index (κ3) is 4.03. The van der Waals surface area contributed by atoms with E-state index in [1.54, 1.807) is 16.2 Å². The van der Waals surface area contributed by atoms with Crippen LogP contribution in [0.3, 0.4) is 0 Å². The summed E-state index contributed by atoms with van der Waals surface area (Å²) in [5, 5.41) is 11.9. The highest BCUT2D eigenvalue weighted by Gasteiger charge is 2.26. The van der Waals surface area contributed by atoms with Gasteiger partial charge in [0.15, 0.2) is 0 Å². The third-order valence-corrected chi connectivity index (χ3v) is 4.62. The molecule has 1 fully saturated rings. The molecule has 0 radical (unpaired) electrons. The molecule has 2 unspecified atom stereocenters. The Labute approximate surface area is 118 Å². The zero-order valence-electron chi connectivity index (χ0n) is 11.6. The van der Waals surface area contributed by atoms with Crippen LogP contribution in [0.2, 0.25) is 0 Å². The van der Waals surface area contributed by atoms with Crippen molar-refractivity contribution in [1.82, 2.24) is 9.80 Å². The summed E-state index contributed by atoms with van der Waals surface area (Å²) >= 11 is 1.67. The topological polar surface area (TPSA) is 43.8 Å². The lowest BCUT2D eigenvalue weighted by molar-refractivity contribution is -0.132. The van der Waals surface area contributed by atoms with Gasteiger partial charge in [0.2, 0.25) is 5.91 Å². The summed E-state index contributed by atoms with van der Waals surface area (Å²) in [6.07, 6.45) is 0.660. The fourth-order valence-corrected chi connectivity index (χ4v) is 3.05. The maximum Gasteiger partial charge on any atom is 0.236 e. The van der Waals surface area contributed by atoms with Crippen LogP contribution in [0.4, 0.5) is 0 Å². The van der Waals surface area contributed by atoms with Crippen LogP contribution in [0.1, 0.15) is 18.2 Å². The van der Waals surface area contributed by atoms with E-state index < -0.39 is 0 Å². The number of β-amino-alcohol motifs (C(OH)–C–C–N with tert-alkyl or cyclic N) is 1. The molecule has 0 saturated carbocycles. The van der Waals surface area contributed by atoms with Crippen molar-refractivity contribution in [3.63, 3.8) is 0 Å². The van der Waals surface area contributed by atoms with Crippen molar-refractivity contribution in [2.24, 2.45) is 5.92 Å². The Kier molecular flexibility index (Phi) is 4.96. The Morgan fingerprint density at radius 2 is 2.42 bits per heavy atom. The molecule has 1 saturated heterocycles. The number of rotatable bonds is 4. The van der Waals surface area contributed by atoms with E-state index in [-0.39, 0.29) is 12.0 Å². The minimum Gasteiger partial charge on any atom is -0.392 e. The molecule has 0 aromatic carbocycles. The molecule has 0 aliphatic carbocycles. The molecule has 2 heterocycles. The Morgan fingerprint density at radius 3 is 3.05 bits per heavy atom. The average Bonchev–Trinajstić information content (AvgIpc) is 2.86. The normalized spacial score (nSPS) is 24.4. The van der Waals surface area contributed by atoms with Crippen LogP contribution in [0.15, 0.2) is 17.5 Å². The fraction of sp³-hybridized carbons (Fsp3) is 0.643. The highest BCUT2D eigenvalue weighted by Crippen LogP contribution is 2.17. The monoisotopic (exact) mass is 282 g/mol. The van der Waals surface area contributed by atoms with E-state index in [0.717, 1.165) is 13.0 Å². The molecule has 4 nitrogen and oxygen atoms in total. The van der Waals surface area contributed by atoms with Crippen molar-refractivity contribution in [1.29, 1.82) is 0 Å². The van der Waals surface area contributed by atoms with Gasteiger partial charge in [0.1, 0.15) is 0 Å². The number of hydrogen-bond donors (Lipinski definition) is 1. The van der Waals surface area contributed by atoms with Gasteiger partial charge >= 0.3 is 0 Å². The second kappa shape index (κ2) is 6.50. The molecule has 1 aliphatic rings. The number of aliphatic hydroxyl groups is 1. The molecule has 1 aliphatic heterocycles. The van der Waals surface area contributed by atoms with Gasteiger partial charge in [0.05, 0.1) is 19.2 Å². The predicted octanol–water partition coefficient (Wildman–Crippen LogP) is 1.41. The van der Waals surface area contributed by atoms with Crippen LogP contribution >= 0.6 is 11.3 Å². The number of nitrogens with zero attached hydrogens (tertiary/aromatic N) is 2. The lowest BCUT2D eigenvalue weighted by Gasteiger charge is -2.34. The number of carbonyl (C=O) groups excluding carboxylic acids is 1. The average molecular weight is 282 g/mol. The SMILES string of the molecule is CC1CCN(CC(=O)N(C)Cc2cccs2)CC1O. The second-order valence-electron chi connectivity index (χ2n) is 5.40. The summed E-state index contributed by atoms with van der Waals surface area (Å²) in [5.74, 6) is 0.463. The van der Waals surface area contributed by atoms with Gasteiger partial charge < -0.3 is 10.0 Å². The Bertz CT molecular complexity index is 408. The summed E-state index contributed by atoms with van der Waals surface area (Å²) in [6, 6.07) is 4.04. The molecule has 0 spiro atoms. The van der Waals surface area contributed by atoms with Gasteiger partial charge in [-0.05, 0) is 30.3 Å².